The van der Waals surface area contributed by atoms with Crippen LogP contribution in [-0.4, -0.2) is 30.2 Å². The summed E-state index contributed by atoms with van der Waals surface area (Å²) in [6, 6.07) is 3.79. The van der Waals surface area contributed by atoms with Crippen LogP contribution in [0.25, 0.3) is 0 Å². The summed E-state index contributed by atoms with van der Waals surface area (Å²) in [4.78, 5) is 23.0. The fraction of sp³-hybridized carbons (Fsp3) is 0.385. The molecule has 1 aromatic carbocycles. The van der Waals surface area contributed by atoms with E-state index in [-0.39, 0.29) is 17.5 Å². The maximum atomic E-state index is 13.4. The molecule has 1 amide bonds. The Morgan fingerprint density at radius 1 is 1.32 bits per heavy atom. The largest absolute Gasteiger partial charge is 0.478 e. The van der Waals surface area contributed by atoms with E-state index in [0.717, 1.165) is 6.07 Å². The molecule has 0 aliphatic carbocycles. The number of carboxylic acid groups (broad SMARTS) is 1. The number of halogens is 1. The van der Waals surface area contributed by atoms with Crippen LogP contribution in [0.1, 0.15) is 23.2 Å². The molecule has 0 aromatic heterocycles. The minimum absolute atomic E-state index is 0.0102. The number of ether oxygens (including phenoxy) is 1. The lowest BCUT2D eigenvalue weighted by Crippen LogP contribution is -2.29. The third kappa shape index (κ3) is 3.08. The number of nitrogens with one attached hydrogen (secondary N) is 1. The first kappa shape index (κ1) is 13.5. The number of carboxylic acids is 1. The van der Waals surface area contributed by atoms with Crippen LogP contribution in [0.4, 0.5) is 10.1 Å². The van der Waals surface area contributed by atoms with Crippen molar-refractivity contribution >= 4 is 17.6 Å². The van der Waals surface area contributed by atoms with Crippen LogP contribution in [0.3, 0.4) is 0 Å². The van der Waals surface area contributed by atoms with Crippen molar-refractivity contribution in [2.24, 2.45) is 5.92 Å². The fourth-order valence-electron chi connectivity index (χ4n) is 2.04. The summed E-state index contributed by atoms with van der Waals surface area (Å²) >= 11 is 0. The molecule has 1 fully saturated rings. The summed E-state index contributed by atoms with van der Waals surface area (Å²) in [6.45, 7) is 1.01. The van der Waals surface area contributed by atoms with Crippen molar-refractivity contribution in [1.29, 1.82) is 0 Å². The second kappa shape index (κ2) is 5.79. The van der Waals surface area contributed by atoms with Crippen molar-refractivity contribution in [3.05, 3.63) is 29.6 Å². The first-order chi connectivity index (χ1) is 9.09. The highest BCUT2D eigenvalue weighted by molar-refractivity contribution is 6.01. The maximum Gasteiger partial charge on any atom is 0.340 e. The molecule has 5 nitrogen and oxygen atoms in total. The molecule has 1 aliphatic rings. The van der Waals surface area contributed by atoms with Gasteiger partial charge in [0.25, 0.3) is 0 Å². The number of amides is 1. The van der Waals surface area contributed by atoms with Gasteiger partial charge >= 0.3 is 5.97 Å². The molecule has 1 aromatic rings. The molecule has 2 rings (SSSR count). The molecule has 1 heterocycles. The topological polar surface area (TPSA) is 75.6 Å². The van der Waals surface area contributed by atoms with E-state index in [9.17, 15) is 14.0 Å². The van der Waals surface area contributed by atoms with E-state index in [1.807, 2.05) is 0 Å². The molecular weight excluding hydrogens is 253 g/mol. The van der Waals surface area contributed by atoms with E-state index in [1.54, 1.807) is 0 Å². The minimum Gasteiger partial charge on any atom is -0.478 e. The molecule has 1 saturated heterocycles. The van der Waals surface area contributed by atoms with Crippen molar-refractivity contribution < 1.29 is 23.8 Å². The van der Waals surface area contributed by atoms with Gasteiger partial charge in [0.15, 0.2) is 0 Å². The van der Waals surface area contributed by atoms with E-state index in [2.05, 4.69) is 5.32 Å². The highest BCUT2D eigenvalue weighted by atomic mass is 19.1. The van der Waals surface area contributed by atoms with Crippen LogP contribution in [0.15, 0.2) is 18.2 Å². The van der Waals surface area contributed by atoms with E-state index in [4.69, 9.17) is 9.84 Å². The third-order valence-electron chi connectivity index (χ3n) is 3.08. The summed E-state index contributed by atoms with van der Waals surface area (Å²) in [5, 5.41) is 11.4. The first-order valence-electron chi connectivity index (χ1n) is 6.00. The number of benzene rings is 1. The molecule has 0 atom stereocenters. The third-order valence-corrected chi connectivity index (χ3v) is 3.08. The molecule has 0 spiro atoms. The van der Waals surface area contributed by atoms with Crippen LogP contribution in [0, 0.1) is 11.7 Å². The van der Waals surface area contributed by atoms with Gasteiger partial charge in [-0.05, 0) is 25.0 Å². The highest BCUT2D eigenvalue weighted by Crippen LogP contribution is 2.22. The molecule has 2 N–H and O–H groups in total. The zero-order valence-corrected chi connectivity index (χ0v) is 10.2. The molecule has 1 aliphatic heterocycles. The van der Waals surface area contributed by atoms with Gasteiger partial charge in [-0.2, -0.15) is 0 Å². The smallest absolute Gasteiger partial charge is 0.340 e. The molecule has 0 saturated carbocycles. The number of aromatic carboxylic acids is 1. The Hall–Kier alpha value is -1.95. The van der Waals surface area contributed by atoms with Crippen molar-refractivity contribution in [3.63, 3.8) is 0 Å². The van der Waals surface area contributed by atoms with E-state index in [1.165, 1.54) is 12.1 Å². The molecular formula is C13H14FNO4. The Morgan fingerprint density at radius 2 is 2.00 bits per heavy atom. The fourth-order valence-corrected chi connectivity index (χ4v) is 2.04. The van der Waals surface area contributed by atoms with Crippen molar-refractivity contribution in [2.75, 3.05) is 18.5 Å². The lowest BCUT2D eigenvalue weighted by molar-refractivity contribution is -0.122. The predicted molar refractivity (Wildman–Crippen MR) is 65.5 cm³/mol. The van der Waals surface area contributed by atoms with Gasteiger partial charge in [0.05, 0.1) is 5.69 Å². The molecule has 0 unspecified atom stereocenters. The van der Waals surface area contributed by atoms with Crippen LogP contribution in [0.5, 0.6) is 0 Å². The molecule has 102 valence electrons. The normalized spacial score (nSPS) is 16.1. The number of carbonyl (C=O) groups excluding carboxylic acids is 1. The van der Waals surface area contributed by atoms with Crippen LogP contribution in [0.2, 0.25) is 0 Å². The lowest BCUT2D eigenvalue weighted by Gasteiger charge is -2.21. The Balaban J connectivity index is 2.16. The van der Waals surface area contributed by atoms with Gasteiger partial charge in [0.1, 0.15) is 11.4 Å². The molecule has 6 heteroatoms. The van der Waals surface area contributed by atoms with Gasteiger partial charge in [-0.3, -0.25) is 4.79 Å². The zero-order chi connectivity index (χ0) is 13.8. The zero-order valence-electron chi connectivity index (χ0n) is 10.2. The van der Waals surface area contributed by atoms with Crippen LogP contribution < -0.4 is 5.32 Å². The highest BCUT2D eigenvalue weighted by Gasteiger charge is 2.24. The molecule has 0 bridgehead atoms. The SMILES string of the molecule is O=C(O)c1c(F)cccc1NC(=O)C1CCOCC1. The second-order valence-electron chi connectivity index (χ2n) is 4.34. The predicted octanol–water partition coefficient (Wildman–Crippen LogP) is 1.89. The summed E-state index contributed by atoms with van der Waals surface area (Å²) in [7, 11) is 0. The van der Waals surface area contributed by atoms with Gasteiger partial charge < -0.3 is 15.2 Å². The number of carbonyl (C=O) groups is 2. The summed E-state index contributed by atoms with van der Waals surface area (Å²) in [5.74, 6) is -2.78. The molecule has 0 radical (unpaired) electrons. The first-order valence-corrected chi connectivity index (χ1v) is 6.00. The molecule has 19 heavy (non-hydrogen) atoms. The van der Waals surface area contributed by atoms with E-state index < -0.39 is 17.3 Å². The Labute approximate surface area is 109 Å². The minimum atomic E-state index is -1.40. The number of anilines is 1. The maximum absolute atomic E-state index is 13.4. The average molecular weight is 267 g/mol. The quantitative estimate of drug-likeness (QED) is 0.876. The van der Waals surface area contributed by atoms with E-state index >= 15 is 0 Å². The Bertz CT molecular complexity index is 497. The monoisotopic (exact) mass is 267 g/mol. The summed E-state index contributed by atoms with van der Waals surface area (Å²) in [5.41, 5.74) is -0.521. The van der Waals surface area contributed by atoms with Gasteiger partial charge in [0.2, 0.25) is 5.91 Å². The number of hydrogen-bond donors (Lipinski definition) is 2. The van der Waals surface area contributed by atoms with Gasteiger partial charge in [-0.1, -0.05) is 6.07 Å². The van der Waals surface area contributed by atoms with E-state index in [0.29, 0.717) is 26.1 Å². The summed E-state index contributed by atoms with van der Waals surface area (Å²) in [6.07, 6.45) is 1.17. The van der Waals surface area contributed by atoms with Crippen LogP contribution >= 0.6 is 0 Å². The Kier molecular flexibility index (Phi) is 4.11. The summed E-state index contributed by atoms with van der Waals surface area (Å²) < 4.78 is 18.6. The number of hydrogen-bond acceptors (Lipinski definition) is 3. The van der Waals surface area contributed by atoms with Gasteiger partial charge in [-0.15, -0.1) is 0 Å². The second-order valence-corrected chi connectivity index (χ2v) is 4.34. The van der Waals surface area contributed by atoms with Crippen molar-refractivity contribution in [1.82, 2.24) is 0 Å². The standard InChI is InChI=1S/C13H14FNO4/c14-9-2-1-3-10(11(9)13(17)18)15-12(16)8-4-6-19-7-5-8/h1-3,8H,4-7H2,(H,15,16)(H,17,18). The van der Waals surface area contributed by atoms with Gasteiger partial charge in [-0.25, -0.2) is 9.18 Å². The average Bonchev–Trinajstić information content (AvgIpc) is 2.39. The lowest BCUT2D eigenvalue weighted by atomic mass is 9.99. The van der Waals surface area contributed by atoms with Crippen molar-refractivity contribution in [2.45, 2.75) is 12.8 Å². The number of rotatable bonds is 3. The van der Waals surface area contributed by atoms with Crippen molar-refractivity contribution in [3.8, 4) is 0 Å². The Morgan fingerprint density at radius 3 is 2.63 bits per heavy atom. The van der Waals surface area contributed by atoms with Crippen LogP contribution in [-0.2, 0) is 9.53 Å². The van der Waals surface area contributed by atoms with Gasteiger partial charge in [0, 0.05) is 19.1 Å².